The Bertz CT molecular complexity index is 1280. The van der Waals surface area contributed by atoms with Gasteiger partial charge in [-0.05, 0) is 47.4 Å². The van der Waals surface area contributed by atoms with Crippen molar-refractivity contribution in [1.29, 1.82) is 0 Å². The van der Waals surface area contributed by atoms with Crippen molar-refractivity contribution >= 4 is 23.0 Å². The normalized spacial score (nSPS) is 13.0. The summed E-state index contributed by atoms with van der Waals surface area (Å²) in [4.78, 5) is 10.1. The molecule has 0 amide bonds. The second kappa shape index (κ2) is 8.44. The Labute approximate surface area is 192 Å². The van der Waals surface area contributed by atoms with E-state index in [9.17, 15) is 0 Å². The van der Waals surface area contributed by atoms with E-state index >= 15 is 0 Å². The third-order valence-electron chi connectivity index (χ3n) is 5.83. The monoisotopic (exact) mass is 441 g/mol. The van der Waals surface area contributed by atoms with E-state index in [1.807, 2.05) is 42.6 Å². The van der Waals surface area contributed by atoms with Gasteiger partial charge in [-0.2, -0.15) is 0 Å². The number of nitrogens with one attached hydrogen (secondary N) is 2. The van der Waals surface area contributed by atoms with Gasteiger partial charge in [0.05, 0.1) is 22.7 Å². The van der Waals surface area contributed by atoms with Gasteiger partial charge in [0.1, 0.15) is 5.82 Å². The van der Waals surface area contributed by atoms with E-state index in [4.69, 9.17) is 17.3 Å². The molecule has 0 unspecified atom stereocenters. The minimum Gasteiger partial charge on any atom is -0.386 e. The van der Waals surface area contributed by atoms with Gasteiger partial charge in [0.15, 0.2) is 0 Å². The lowest BCUT2D eigenvalue weighted by Gasteiger charge is -2.31. The summed E-state index contributed by atoms with van der Waals surface area (Å²) in [6, 6.07) is 22.4. The lowest BCUT2D eigenvalue weighted by atomic mass is 9.97. The van der Waals surface area contributed by atoms with E-state index in [1.165, 1.54) is 11.1 Å². The van der Waals surface area contributed by atoms with Crippen molar-refractivity contribution in [2.45, 2.75) is 13.0 Å². The van der Waals surface area contributed by atoms with Gasteiger partial charge in [0.2, 0.25) is 0 Å². The smallest absolute Gasteiger partial charge is 0.139 e. The van der Waals surface area contributed by atoms with Crippen LogP contribution in [0.1, 0.15) is 11.1 Å². The van der Waals surface area contributed by atoms with Gasteiger partial charge < -0.3 is 20.9 Å². The second-order valence-electron chi connectivity index (χ2n) is 7.94. The fourth-order valence-electron chi connectivity index (χ4n) is 4.13. The van der Waals surface area contributed by atoms with Crippen LogP contribution in [0.15, 0.2) is 85.3 Å². The number of rotatable bonds is 5. The van der Waals surface area contributed by atoms with Crippen LogP contribution in [0.4, 0.5) is 11.4 Å². The molecule has 0 bridgehead atoms. The number of halogens is 1. The van der Waals surface area contributed by atoms with E-state index in [0.29, 0.717) is 10.8 Å². The van der Waals surface area contributed by atoms with Crippen molar-refractivity contribution in [1.82, 2.24) is 14.9 Å². The SMILES string of the molecule is C=C(N)N1CCc2c(cccc2Nc2ccc(Cl)c(-c3ncc(-c4ccccc4)[nH]3)c2)C1. The van der Waals surface area contributed by atoms with Crippen molar-refractivity contribution in [3.8, 4) is 22.6 Å². The van der Waals surface area contributed by atoms with Crippen molar-refractivity contribution in [3.05, 3.63) is 101 Å². The van der Waals surface area contributed by atoms with Gasteiger partial charge in [0, 0.05) is 30.0 Å². The van der Waals surface area contributed by atoms with Crippen molar-refractivity contribution in [2.24, 2.45) is 5.73 Å². The lowest BCUT2D eigenvalue weighted by molar-refractivity contribution is 0.320. The molecule has 1 aromatic heterocycles. The minimum atomic E-state index is 0.615. The van der Waals surface area contributed by atoms with Crippen LogP contribution in [0.5, 0.6) is 0 Å². The Morgan fingerprint density at radius 3 is 2.75 bits per heavy atom. The first-order chi connectivity index (χ1) is 15.6. The second-order valence-corrected chi connectivity index (χ2v) is 8.34. The summed E-state index contributed by atoms with van der Waals surface area (Å²) in [6.45, 7) is 5.52. The molecular weight excluding hydrogens is 418 g/mol. The van der Waals surface area contributed by atoms with Crippen LogP contribution >= 0.6 is 11.6 Å². The number of hydrogen-bond acceptors (Lipinski definition) is 4. The minimum absolute atomic E-state index is 0.615. The van der Waals surface area contributed by atoms with Crippen LogP contribution in [0.25, 0.3) is 22.6 Å². The van der Waals surface area contributed by atoms with E-state index in [1.54, 1.807) is 0 Å². The van der Waals surface area contributed by atoms with Crippen LogP contribution in [-0.4, -0.2) is 21.4 Å². The maximum absolute atomic E-state index is 6.54. The molecule has 4 N–H and O–H groups in total. The molecule has 6 heteroatoms. The fourth-order valence-corrected chi connectivity index (χ4v) is 4.34. The summed E-state index contributed by atoms with van der Waals surface area (Å²) in [7, 11) is 0. The Hall–Kier alpha value is -3.70. The van der Waals surface area contributed by atoms with E-state index in [-0.39, 0.29) is 0 Å². The highest BCUT2D eigenvalue weighted by molar-refractivity contribution is 6.33. The number of H-pyrrole nitrogens is 1. The highest BCUT2D eigenvalue weighted by Gasteiger charge is 2.19. The maximum atomic E-state index is 6.54. The first-order valence-corrected chi connectivity index (χ1v) is 10.9. The number of hydrogen-bond donors (Lipinski definition) is 3. The molecule has 2 heterocycles. The number of nitrogens with zero attached hydrogens (tertiary/aromatic N) is 2. The first-order valence-electron chi connectivity index (χ1n) is 10.6. The van der Waals surface area contributed by atoms with Crippen LogP contribution < -0.4 is 11.1 Å². The average molecular weight is 442 g/mol. The Balaban J connectivity index is 1.43. The van der Waals surface area contributed by atoms with Crippen molar-refractivity contribution in [2.75, 3.05) is 11.9 Å². The van der Waals surface area contributed by atoms with Gasteiger partial charge in [-0.15, -0.1) is 0 Å². The highest BCUT2D eigenvalue weighted by atomic mass is 35.5. The zero-order valence-corrected chi connectivity index (χ0v) is 18.4. The predicted octanol–water partition coefficient (Wildman–Crippen LogP) is 5.93. The van der Waals surface area contributed by atoms with E-state index in [2.05, 4.69) is 57.1 Å². The number of nitrogens with two attached hydrogens (primary N) is 1. The molecule has 0 aliphatic carbocycles. The summed E-state index contributed by atoms with van der Waals surface area (Å²) >= 11 is 6.54. The highest BCUT2D eigenvalue weighted by Crippen LogP contribution is 2.33. The number of fused-ring (bicyclic) bond motifs is 1. The molecule has 5 rings (SSSR count). The molecule has 4 aromatic rings. The largest absolute Gasteiger partial charge is 0.386 e. The topological polar surface area (TPSA) is 70.0 Å². The summed E-state index contributed by atoms with van der Waals surface area (Å²) < 4.78 is 0. The summed E-state index contributed by atoms with van der Waals surface area (Å²) in [5, 5.41) is 4.23. The molecule has 3 aromatic carbocycles. The first kappa shape index (κ1) is 20.2. The molecule has 160 valence electrons. The van der Waals surface area contributed by atoms with Crippen LogP contribution in [0, 0.1) is 0 Å². The molecule has 32 heavy (non-hydrogen) atoms. The molecule has 1 aliphatic rings. The van der Waals surface area contributed by atoms with Crippen molar-refractivity contribution < 1.29 is 0 Å². The zero-order valence-electron chi connectivity index (χ0n) is 17.6. The maximum Gasteiger partial charge on any atom is 0.139 e. The molecule has 1 aliphatic heterocycles. The third-order valence-corrected chi connectivity index (χ3v) is 6.16. The van der Waals surface area contributed by atoms with Gasteiger partial charge in [-0.3, -0.25) is 0 Å². The number of benzene rings is 3. The van der Waals surface area contributed by atoms with Gasteiger partial charge in [-0.1, -0.05) is 60.6 Å². The van der Waals surface area contributed by atoms with Gasteiger partial charge in [0.25, 0.3) is 0 Å². The number of aromatic nitrogens is 2. The summed E-state index contributed by atoms with van der Waals surface area (Å²) in [5.74, 6) is 1.36. The van der Waals surface area contributed by atoms with Crippen LogP contribution in [0.2, 0.25) is 5.02 Å². The van der Waals surface area contributed by atoms with Crippen LogP contribution in [-0.2, 0) is 13.0 Å². The molecule has 0 spiro atoms. The number of aromatic amines is 1. The van der Waals surface area contributed by atoms with Gasteiger partial charge >= 0.3 is 0 Å². The summed E-state index contributed by atoms with van der Waals surface area (Å²) in [6.07, 6.45) is 2.75. The predicted molar refractivity (Wildman–Crippen MR) is 132 cm³/mol. The van der Waals surface area contributed by atoms with E-state index in [0.717, 1.165) is 53.5 Å². The Kier molecular flexibility index (Phi) is 5.33. The molecular formula is C26H24ClN5. The number of anilines is 2. The van der Waals surface area contributed by atoms with Crippen LogP contribution in [0.3, 0.4) is 0 Å². The molecule has 0 saturated heterocycles. The van der Waals surface area contributed by atoms with Gasteiger partial charge in [-0.25, -0.2) is 4.98 Å². The quantitative estimate of drug-likeness (QED) is 0.359. The zero-order chi connectivity index (χ0) is 22.1. The molecule has 0 saturated carbocycles. The molecule has 0 fully saturated rings. The van der Waals surface area contributed by atoms with Crippen molar-refractivity contribution in [3.63, 3.8) is 0 Å². The fraction of sp³-hybridized carbons (Fsp3) is 0.115. The lowest BCUT2D eigenvalue weighted by Crippen LogP contribution is -2.33. The Morgan fingerprint density at radius 2 is 1.94 bits per heavy atom. The molecule has 0 radical (unpaired) electrons. The molecule has 0 atom stereocenters. The molecule has 5 nitrogen and oxygen atoms in total. The Morgan fingerprint density at radius 1 is 1.09 bits per heavy atom. The summed E-state index contributed by atoms with van der Waals surface area (Å²) in [5.41, 5.74) is 13.4. The average Bonchev–Trinajstić information content (AvgIpc) is 3.31. The van der Waals surface area contributed by atoms with E-state index < -0.39 is 0 Å². The standard InChI is InChI=1S/C26H24ClN5/c1-17(28)32-13-12-21-19(16-32)8-5-9-24(21)30-20-10-11-23(27)22(14-20)26-29-15-25(31-26)18-6-3-2-4-7-18/h2-11,14-15,30H,1,12-13,16,28H2,(H,29,31). The number of imidazole rings is 1. The third kappa shape index (κ3) is 3.95.